The molecule has 1 aliphatic heterocycles. The third kappa shape index (κ3) is 5.02. The number of fused-ring (bicyclic) bond motifs is 3. The summed E-state index contributed by atoms with van der Waals surface area (Å²) >= 11 is 0. The van der Waals surface area contributed by atoms with E-state index in [1.165, 1.54) is 0 Å². The minimum absolute atomic E-state index is 0.0619. The fraction of sp³-hybridized carbons (Fsp3) is 0.483. The highest BCUT2D eigenvalue weighted by Gasteiger charge is 2.46. The van der Waals surface area contributed by atoms with E-state index in [4.69, 9.17) is 9.47 Å². The second kappa shape index (κ2) is 9.72. The Bertz CT molecular complexity index is 1150. The van der Waals surface area contributed by atoms with Gasteiger partial charge in [0, 0.05) is 25.0 Å². The van der Waals surface area contributed by atoms with Gasteiger partial charge in [0.15, 0.2) is 0 Å². The lowest BCUT2D eigenvalue weighted by atomic mass is 9.79. The van der Waals surface area contributed by atoms with Gasteiger partial charge in [0.1, 0.15) is 12.2 Å². The SMILES string of the molecule is CC(C)(C)OC(=O)N1CCC(N(C(=O)OCC2c3ccccc3-c3ccccc32)C2CC(C(=O)O)C2)C1. The second-order valence-electron chi connectivity index (χ2n) is 11.2. The molecule has 2 aliphatic carbocycles. The Morgan fingerprint density at radius 3 is 2.14 bits per heavy atom. The first-order valence-electron chi connectivity index (χ1n) is 13.0. The Balaban J connectivity index is 1.30. The number of aliphatic carboxylic acids is 1. The molecule has 3 aliphatic rings. The molecule has 1 N–H and O–H groups in total. The summed E-state index contributed by atoms with van der Waals surface area (Å²) in [5.41, 5.74) is 3.97. The minimum atomic E-state index is -0.842. The molecule has 37 heavy (non-hydrogen) atoms. The zero-order chi connectivity index (χ0) is 26.3. The predicted molar refractivity (Wildman–Crippen MR) is 137 cm³/mol. The summed E-state index contributed by atoms with van der Waals surface area (Å²) in [5.74, 6) is -1.36. The average Bonchev–Trinajstić information content (AvgIpc) is 3.41. The minimum Gasteiger partial charge on any atom is -0.481 e. The predicted octanol–water partition coefficient (Wildman–Crippen LogP) is 5.11. The fourth-order valence-corrected chi connectivity index (χ4v) is 5.74. The molecule has 1 saturated heterocycles. The summed E-state index contributed by atoms with van der Waals surface area (Å²) in [6.45, 7) is 6.47. The maximum Gasteiger partial charge on any atom is 0.410 e. The molecule has 1 heterocycles. The number of benzene rings is 2. The average molecular weight is 507 g/mol. The van der Waals surface area contributed by atoms with Crippen LogP contribution >= 0.6 is 0 Å². The van der Waals surface area contributed by atoms with E-state index < -0.39 is 29.7 Å². The number of carboxylic acid groups (broad SMARTS) is 1. The van der Waals surface area contributed by atoms with E-state index in [-0.39, 0.29) is 24.6 Å². The van der Waals surface area contributed by atoms with Crippen molar-refractivity contribution in [2.24, 2.45) is 5.92 Å². The van der Waals surface area contributed by atoms with Crippen LogP contribution in [0.5, 0.6) is 0 Å². The Kier molecular flexibility index (Phi) is 6.60. The van der Waals surface area contributed by atoms with E-state index >= 15 is 0 Å². The number of likely N-dealkylation sites (tertiary alicyclic amines) is 1. The number of hydrogen-bond donors (Lipinski definition) is 1. The zero-order valence-electron chi connectivity index (χ0n) is 21.6. The lowest BCUT2D eigenvalue weighted by molar-refractivity contribution is -0.147. The van der Waals surface area contributed by atoms with E-state index in [0.29, 0.717) is 32.4 Å². The quantitative estimate of drug-likeness (QED) is 0.605. The van der Waals surface area contributed by atoms with E-state index in [9.17, 15) is 19.5 Å². The summed E-state index contributed by atoms with van der Waals surface area (Å²) in [5, 5.41) is 9.39. The lowest BCUT2D eigenvalue weighted by Crippen LogP contribution is -2.55. The Morgan fingerprint density at radius 2 is 1.57 bits per heavy atom. The van der Waals surface area contributed by atoms with Crippen molar-refractivity contribution in [2.45, 2.75) is 63.6 Å². The number of nitrogens with zero attached hydrogens (tertiary/aromatic N) is 2. The van der Waals surface area contributed by atoms with E-state index in [0.717, 1.165) is 22.3 Å². The summed E-state index contributed by atoms with van der Waals surface area (Å²) in [4.78, 5) is 40.9. The smallest absolute Gasteiger partial charge is 0.410 e. The van der Waals surface area contributed by atoms with Crippen LogP contribution in [0.1, 0.15) is 57.1 Å². The van der Waals surface area contributed by atoms with Crippen molar-refractivity contribution in [3.63, 3.8) is 0 Å². The van der Waals surface area contributed by atoms with Crippen molar-refractivity contribution < 1.29 is 29.0 Å². The molecule has 2 aromatic carbocycles. The topological polar surface area (TPSA) is 96.4 Å². The molecule has 1 atom stereocenters. The Hall–Kier alpha value is -3.55. The molecule has 8 nitrogen and oxygen atoms in total. The summed E-state index contributed by atoms with van der Waals surface area (Å²) in [6.07, 6.45) is 0.522. The second-order valence-corrected chi connectivity index (χ2v) is 11.2. The van der Waals surface area contributed by atoms with Gasteiger partial charge in [0.2, 0.25) is 0 Å². The van der Waals surface area contributed by atoms with Crippen molar-refractivity contribution in [3.8, 4) is 11.1 Å². The van der Waals surface area contributed by atoms with Gasteiger partial charge in [-0.1, -0.05) is 48.5 Å². The number of ether oxygens (including phenoxy) is 2. The van der Waals surface area contributed by atoms with Gasteiger partial charge in [-0.05, 0) is 62.3 Å². The van der Waals surface area contributed by atoms with Crippen LogP contribution in [0.3, 0.4) is 0 Å². The largest absolute Gasteiger partial charge is 0.481 e. The molecule has 0 aromatic heterocycles. The standard InChI is InChI=1S/C29H34N2O6/c1-29(2,3)37-27(34)30-13-12-19(16-30)31(20-14-18(15-20)26(32)33)28(35)36-17-25-23-10-6-4-8-21(23)22-9-5-7-11-24(22)25/h4-11,18-20,25H,12-17H2,1-3H3,(H,32,33). The van der Waals surface area contributed by atoms with Gasteiger partial charge >= 0.3 is 18.2 Å². The molecule has 2 fully saturated rings. The number of amides is 2. The normalized spacial score (nSPS) is 22.6. The zero-order valence-corrected chi connectivity index (χ0v) is 21.6. The number of carbonyl (C=O) groups is 3. The van der Waals surface area contributed by atoms with Gasteiger partial charge in [-0.25, -0.2) is 9.59 Å². The molecular weight excluding hydrogens is 472 g/mol. The number of carboxylic acids is 1. The van der Waals surface area contributed by atoms with Gasteiger partial charge in [0.05, 0.1) is 12.0 Å². The summed E-state index contributed by atoms with van der Waals surface area (Å²) in [7, 11) is 0. The van der Waals surface area contributed by atoms with Gasteiger partial charge in [-0.3, -0.25) is 4.79 Å². The third-order valence-electron chi connectivity index (χ3n) is 7.61. The molecule has 0 bridgehead atoms. The van der Waals surface area contributed by atoms with Crippen LogP contribution < -0.4 is 0 Å². The van der Waals surface area contributed by atoms with E-state index in [1.807, 2.05) is 45.0 Å². The summed E-state index contributed by atoms with van der Waals surface area (Å²) < 4.78 is 11.5. The van der Waals surface area contributed by atoms with Crippen molar-refractivity contribution in [1.29, 1.82) is 0 Å². The molecular formula is C29H34N2O6. The van der Waals surface area contributed by atoms with Gasteiger partial charge < -0.3 is 24.4 Å². The van der Waals surface area contributed by atoms with Crippen molar-refractivity contribution in [1.82, 2.24) is 9.80 Å². The molecule has 0 radical (unpaired) electrons. The van der Waals surface area contributed by atoms with Crippen molar-refractivity contribution in [2.75, 3.05) is 19.7 Å². The van der Waals surface area contributed by atoms with Crippen molar-refractivity contribution >= 4 is 18.2 Å². The fourth-order valence-electron chi connectivity index (χ4n) is 5.74. The highest BCUT2D eigenvalue weighted by Crippen LogP contribution is 2.45. The monoisotopic (exact) mass is 506 g/mol. The molecule has 5 rings (SSSR count). The van der Waals surface area contributed by atoms with Crippen LogP contribution in [0.25, 0.3) is 11.1 Å². The molecule has 2 aromatic rings. The first-order valence-corrected chi connectivity index (χ1v) is 13.0. The molecule has 2 amide bonds. The van der Waals surface area contributed by atoms with Crippen LogP contribution in [0.15, 0.2) is 48.5 Å². The lowest BCUT2D eigenvalue weighted by Gasteiger charge is -2.43. The molecule has 1 unspecified atom stereocenters. The van der Waals surface area contributed by atoms with Crippen LogP contribution in [0.4, 0.5) is 9.59 Å². The molecule has 196 valence electrons. The third-order valence-corrected chi connectivity index (χ3v) is 7.61. The van der Waals surface area contributed by atoms with Crippen molar-refractivity contribution in [3.05, 3.63) is 59.7 Å². The number of rotatable bonds is 5. The molecule has 8 heteroatoms. The highest BCUT2D eigenvalue weighted by molar-refractivity contribution is 5.79. The van der Waals surface area contributed by atoms with Crippen LogP contribution in [-0.4, -0.2) is 70.4 Å². The Labute approximate surface area is 217 Å². The van der Waals surface area contributed by atoms with Crippen LogP contribution in [0.2, 0.25) is 0 Å². The van der Waals surface area contributed by atoms with Gasteiger partial charge in [-0.15, -0.1) is 0 Å². The van der Waals surface area contributed by atoms with E-state index in [1.54, 1.807) is 9.80 Å². The number of hydrogen-bond acceptors (Lipinski definition) is 5. The first kappa shape index (κ1) is 25.1. The summed E-state index contributed by atoms with van der Waals surface area (Å²) in [6, 6.07) is 15.9. The molecule has 1 saturated carbocycles. The van der Waals surface area contributed by atoms with Crippen LogP contribution in [0, 0.1) is 5.92 Å². The van der Waals surface area contributed by atoms with Gasteiger partial charge in [0.25, 0.3) is 0 Å². The maximum absolute atomic E-state index is 13.5. The van der Waals surface area contributed by atoms with Gasteiger partial charge in [-0.2, -0.15) is 0 Å². The highest BCUT2D eigenvalue weighted by atomic mass is 16.6. The maximum atomic E-state index is 13.5. The number of carbonyl (C=O) groups excluding carboxylic acids is 2. The van der Waals surface area contributed by atoms with E-state index in [2.05, 4.69) is 24.3 Å². The van der Waals surface area contributed by atoms with Crippen LogP contribution in [-0.2, 0) is 14.3 Å². The molecule has 0 spiro atoms. The Morgan fingerprint density at radius 1 is 0.973 bits per heavy atom. The first-order chi connectivity index (χ1) is 17.6.